The van der Waals surface area contributed by atoms with E-state index in [2.05, 4.69) is 16.0 Å². The maximum Gasteiger partial charge on any atom is 0.246 e. The molecule has 0 saturated carbocycles. The van der Waals surface area contributed by atoms with Gasteiger partial charge in [0.1, 0.15) is 24.1 Å². The molecule has 37 heavy (non-hydrogen) atoms. The molecule has 3 N–H and O–H groups in total. The summed E-state index contributed by atoms with van der Waals surface area (Å²) in [5.41, 5.74) is 2.86. The molecule has 5 rings (SSSR count). The molecule has 3 heterocycles. The lowest BCUT2D eigenvalue weighted by molar-refractivity contribution is -0.139. The molecule has 3 aliphatic rings. The quantitative estimate of drug-likeness (QED) is 0.471. The summed E-state index contributed by atoms with van der Waals surface area (Å²) in [4.78, 5) is 52.7. The topological polar surface area (TPSA) is 117 Å². The number of nitrogens with one attached hydrogen (secondary N) is 3. The molecule has 9 nitrogen and oxygen atoms in total. The van der Waals surface area contributed by atoms with Gasteiger partial charge in [-0.25, -0.2) is 0 Å². The Hall–Kier alpha value is -3.88. The largest absolute Gasteiger partial charge is 0.496 e. The average Bonchev–Trinajstić information content (AvgIpc) is 3.66. The first kappa shape index (κ1) is 24.8. The van der Waals surface area contributed by atoms with Crippen LogP contribution in [0.25, 0.3) is 0 Å². The molecule has 3 aliphatic heterocycles. The number of aldehydes is 1. The van der Waals surface area contributed by atoms with Crippen molar-refractivity contribution in [3.63, 3.8) is 0 Å². The van der Waals surface area contributed by atoms with Crippen molar-refractivity contribution < 1.29 is 23.9 Å². The Bertz CT molecular complexity index is 1190. The molecule has 2 aromatic carbocycles. The lowest BCUT2D eigenvalue weighted by atomic mass is 9.95. The van der Waals surface area contributed by atoms with Gasteiger partial charge in [-0.2, -0.15) is 0 Å². The highest BCUT2D eigenvalue weighted by atomic mass is 16.5. The van der Waals surface area contributed by atoms with Gasteiger partial charge >= 0.3 is 0 Å². The molecule has 194 valence electrons. The zero-order valence-electron chi connectivity index (χ0n) is 20.8. The molecule has 0 bridgehead atoms. The fourth-order valence-corrected chi connectivity index (χ4v) is 5.79. The molecular formula is C28H32N4O5. The number of ether oxygens (including phenoxy) is 1. The number of carbonyl (C=O) groups is 4. The van der Waals surface area contributed by atoms with Gasteiger partial charge in [0.25, 0.3) is 0 Å². The number of methoxy groups -OCH3 is 1. The maximum absolute atomic E-state index is 13.8. The standard InChI is InChI=1S/C28H32N4O5/c1-37-25-9-5-8-22-21(25)14-23(31-22)28(36)32-15-19(17-6-3-2-4-7-17)13-24(32)27(35)30-20(16-33)12-18-10-11-29-26(18)34/h2-9,16,18-20,23-24,31H,10-15H2,1H3,(H,29,34)(H,30,35)/t18-,19+,20-,23?,24?/m0/s1. The number of anilines is 1. The number of nitrogens with zero attached hydrogens (tertiary/aromatic N) is 1. The van der Waals surface area contributed by atoms with E-state index in [0.717, 1.165) is 22.6 Å². The SMILES string of the molecule is COc1cccc2c1CC(C(=O)N1C[C@H](c3ccccc3)CC1C(=O)N[C@H](C=O)C[C@@H]1CCNC1=O)N2. The van der Waals surface area contributed by atoms with Crippen LogP contribution in [0, 0.1) is 5.92 Å². The van der Waals surface area contributed by atoms with Crippen molar-refractivity contribution in [3.05, 3.63) is 59.7 Å². The van der Waals surface area contributed by atoms with Crippen molar-refractivity contribution in [1.82, 2.24) is 15.5 Å². The van der Waals surface area contributed by atoms with Crippen LogP contribution in [0.1, 0.15) is 36.3 Å². The fourth-order valence-electron chi connectivity index (χ4n) is 5.79. The molecule has 2 saturated heterocycles. The molecule has 0 radical (unpaired) electrons. The average molecular weight is 505 g/mol. The second kappa shape index (κ2) is 10.6. The molecule has 5 atom stereocenters. The fraction of sp³-hybridized carbons (Fsp3) is 0.429. The molecule has 2 unspecified atom stereocenters. The monoisotopic (exact) mass is 504 g/mol. The molecule has 0 aliphatic carbocycles. The number of amides is 3. The van der Waals surface area contributed by atoms with Gasteiger partial charge in [0.05, 0.1) is 13.2 Å². The third-order valence-corrected chi connectivity index (χ3v) is 7.74. The zero-order chi connectivity index (χ0) is 25.9. The highest BCUT2D eigenvalue weighted by Crippen LogP contribution is 2.37. The number of fused-ring (bicyclic) bond motifs is 1. The molecule has 3 amide bonds. The second-order valence-corrected chi connectivity index (χ2v) is 10.0. The summed E-state index contributed by atoms with van der Waals surface area (Å²) in [5, 5.41) is 8.88. The van der Waals surface area contributed by atoms with Crippen LogP contribution in [-0.2, 0) is 25.6 Å². The third kappa shape index (κ3) is 5.03. The van der Waals surface area contributed by atoms with E-state index >= 15 is 0 Å². The van der Waals surface area contributed by atoms with Crippen LogP contribution in [0.4, 0.5) is 5.69 Å². The van der Waals surface area contributed by atoms with E-state index in [0.29, 0.717) is 38.6 Å². The van der Waals surface area contributed by atoms with Gasteiger partial charge in [-0.15, -0.1) is 0 Å². The van der Waals surface area contributed by atoms with Crippen LogP contribution in [0.3, 0.4) is 0 Å². The Morgan fingerprint density at radius 3 is 2.70 bits per heavy atom. The predicted octanol–water partition coefficient (Wildman–Crippen LogP) is 1.63. The number of hydrogen-bond acceptors (Lipinski definition) is 6. The molecule has 0 spiro atoms. The molecule has 2 fully saturated rings. The van der Waals surface area contributed by atoms with Crippen LogP contribution < -0.4 is 20.7 Å². The maximum atomic E-state index is 13.8. The van der Waals surface area contributed by atoms with Crippen LogP contribution in [0.5, 0.6) is 5.75 Å². The van der Waals surface area contributed by atoms with Gasteiger partial charge in [-0.1, -0.05) is 36.4 Å². The van der Waals surface area contributed by atoms with Gasteiger partial charge in [-0.05, 0) is 37.0 Å². The third-order valence-electron chi connectivity index (χ3n) is 7.74. The van der Waals surface area contributed by atoms with E-state index in [9.17, 15) is 19.2 Å². The lowest BCUT2D eigenvalue weighted by Crippen LogP contribution is -2.52. The summed E-state index contributed by atoms with van der Waals surface area (Å²) in [6.07, 6.45) is 2.50. The summed E-state index contributed by atoms with van der Waals surface area (Å²) in [6, 6.07) is 13.5. The molecular weight excluding hydrogens is 472 g/mol. The minimum absolute atomic E-state index is 0.00509. The Balaban J connectivity index is 1.34. The number of carbonyl (C=O) groups excluding carboxylic acids is 4. The first-order valence-corrected chi connectivity index (χ1v) is 12.8. The van der Waals surface area contributed by atoms with Crippen molar-refractivity contribution in [2.24, 2.45) is 5.92 Å². The van der Waals surface area contributed by atoms with E-state index in [1.807, 2.05) is 48.5 Å². The lowest BCUT2D eigenvalue weighted by Gasteiger charge is -2.28. The number of hydrogen-bond donors (Lipinski definition) is 3. The number of rotatable bonds is 8. The normalized spacial score (nSPS) is 25.1. The summed E-state index contributed by atoms with van der Waals surface area (Å²) in [5.74, 6) is -0.197. The highest BCUT2D eigenvalue weighted by Gasteiger charge is 2.44. The first-order valence-electron chi connectivity index (χ1n) is 12.8. The Kier molecular flexibility index (Phi) is 7.12. The van der Waals surface area contributed by atoms with E-state index in [4.69, 9.17) is 4.74 Å². The molecule has 0 aromatic heterocycles. The minimum Gasteiger partial charge on any atom is -0.496 e. The number of likely N-dealkylation sites (tertiary alicyclic amines) is 1. The summed E-state index contributed by atoms with van der Waals surface area (Å²) in [7, 11) is 1.61. The minimum atomic E-state index is -0.785. The number of benzene rings is 2. The van der Waals surface area contributed by atoms with Crippen molar-refractivity contribution in [2.45, 2.75) is 49.7 Å². The van der Waals surface area contributed by atoms with Crippen molar-refractivity contribution in [2.75, 3.05) is 25.5 Å². The van der Waals surface area contributed by atoms with E-state index < -0.39 is 18.1 Å². The summed E-state index contributed by atoms with van der Waals surface area (Å²) >= 11 is 0. The van der Waals surface area contributed by atoms with E-state index in [1.54, 1.807) is 12.0 Å². The molecule has 9 heteroatoms. The van der Waals surface area contributed by atoms with E-state index in [1.165, 1.54) is 0 Å². The van der Waals surface area contributed by atoms with Gasteiger partial charge < -0.3 is 30.4 Å². The Morgan fingerprint density at radius 2 is 2.00 bits per heavy atom. The summed E-state index contributed by atoms with van der Waals surface area (Å²) < 4.78 is 5.47. The van der Waals surface area contributed by atoms with Gasteiger partial charge in [0, 0.05) is 42.6 Å². The van der Waals surface area contributed by atoms with Crippen LogP contribution in [-0.4, -0.2) is 67.2 Å². The molecule has 2 aromatic rings. The predicted molar refractivity (Wildman–Crippen MR) is 137 cm³/mol. The van der Waals surface area contributed by atoms with Crippen LogP contribution in [0.15, 0.2) is 48.5 Å². The zero-order valence-corrected chi connectivity index (χ0v) is 20.8. The van der Waals surface area contributed by atoms with Crippen molar-refractivity contribution in [1.29, 1.82) is 0 Å². The van der Waals surface area contributed by atoms with Crippen molar-refractivity contribution >= 4 is 29.7 Å². The Morgan fingerprint density at radius 1 is 1.19 bits per heavy atom. The second-order valence-electron chi connectivity index (χ2n) is 10.0. The first-order chi connectivity index (χ1) is 18.0. The van der Waals surface area contributed by atoms with Gasteiger partial charge in [-0.3, -0.25) is 14.4 Å². The van der Waals surface area contributed by atoms with Crippen LogP contribution in [0.2, 0.25) is 0 Å². The highest BCUT2D eigenvalue weighted by molar-refractivity contribution is 5.94. The van der Waals surface area contributed by atoms with Gasteiger partial charge in [0.2, 0.25) is 17.7 Å². The van der Waals surface area contributed by atoms with Crippen molar-refractivity contribution in [3.8, 4) is 5.75 Å². The van der Waals surface area contributed by atoms with Gasteiger partial charge in [0.15, 0.2) is 0 Å². The summed E-state index contributed by atoms with van der Waals surface area (Å²) in [6.45, 7) is 0.984. The van der Waals surface area contributed by atoms with Crippen LogP contribution >= 0.6 is 0 Å². The Labute approximate surface area is 215 Å². The van der Waals surface area contributed by atoms with E-state index in [-0.39, 0.29) is 36.0 Å². The smallest absolute Gasteiger partial charge is 0.246 e.